The molecule has 8 heteroatoms. The molecule has 1 aliphatic carbocycles. The molecule has 0 aromatic carbocycles. The Bertz CT molecular complexity index is 741. The summed E-state index contributed by atoms with van der Waals surface area (Å²) in [6.07, 6.45) is 5.21. The highest BCUT2D eigenvalue weighted by Gasteiger charge is 2.34. The first kappa shape index (κ1) is 28.7. The Kier molecular flexibility index (Phi) is 11.4. The topological polar surface area (TPSA) is 109 Å². The van der Waals surface area contributed by atoms with Crippen LogP contribution in [0.1, 0.15) is 91.7 Å². The molecule has 2 rings (SSSR count). The van der Waals surface area contributed by atoms with Crippen LogP contribution in [0, 0.1) is 17.8 Å². The second-order valence-electron chi connectivity index (χ2n) is 11.2. The highest BCUT2D eigenvalue weighted by Crippen LogP contribution is 2.29. The van der Waals surface area contributed by atoms with Crippen molar-refractivity contribution in [3.8, 4) is 0 Å². The van der Waals surface area contributed by atoms with E-state index >= 15 is 0 Å². The van der Waals surface area contributed by atoms with Crippen LogP contribution in [0.4, 0.5) is 0 Å². The number of nitrogens with zero attached hydrogens (tertiary/aromatic N) is 1. The Labute approximate surface area is 208 Å². The highest BCUT2D eigenvalue weighted by molar-refractivity contribution is 7.07. The maximum atomic E-state index is 13.4. The van der Waals surface area contributed by atoms with Crippen molar-refractivity contribution in [2.24, 2.45) is 17.8 Å². The van der Waals surface area contributed by atoms with E-state index in [0.717, 1.165) is 31.4 Å². The van der Waals surface area contributed by atoms with Gasteiger partial charge in [0.05, 0.1) is 41.8 Å². The second kappa shape index (κ2) is 13.5. The van der Waals surface area contributed by atoms with E-state index in [1.54, 1.807) is 26.3 Å². The fraction of sp³-hybridized carbons (Fsp3) is 0.808. The lowest BCUT2D eigenvalue weighted by Crippen LogP contribution is -2.53. The van der Waals surface area contributed by atoms with Gasteiger partial charge in [-0.2, -0.15) is 0 Å². The van der Waals surface area contributed by atoms with Crippen molar-refractivity contribution < 1.29 is 24.5 Å². The Morgan fingerprint density at radius 1 is 1.18 bits per heavy atom. The van der Waals surface area contributed by atoms with Gasteiger partial charge in [-0.15, -0.1) is 11.3 Å². The summed E-state index contributed by atoms with van der Waals surface area (Å²) in [5.41, 5.74) is 1.78. The molecule has 1 aliphatic rings. The number of carbonyl (C=O) groups is 2. The number of ether oxygens (including phenoxy) is 1. The van der Waals surface area contributed by atoms with Gasteiger partial charge < -0.3 is 20.3 Å². The number of rotatable bonds is 12. The van der Waals surface area contributed by atoms with Crippen LogP contribution in [0.2, 0.25) is 0 Å². The van der Waals surface area contributed by atoms with Crippen LogP contribution >= 0.6 is 11.3 Å². The Morgan fingerprint density at radius 2 is 1.85 bits per heavy atom. The molecule has 1 aromatic rings. The molecule has 1 saturated carbocycles. The van der Waals surface area contributed by atoms with Gasteiger partial charge in [-0.3, -0.25) is 9.59 Å². The number of thiazole rings is 1. The van der Waals surface area contributed by atoms with Gasteiger partial charge in [0.2, 0.25) is 5.91 Å². The maximum absolute atomic E-state index is 13.4. The molecule has 1 aromatic heterocycles. The first-order chi connectivity index (χ1) is 15.9. The molecular weight excluding hydrogens is 452 g/mol. The van der Waals surface area contributed by atoms with Crippen LogP contribution in [0.3, 0.4) is 0 Å². The predicted octanol–water partition coefficient (Wildman–Crippen LogP) is 4.26. The van der Waals surface area contributed by atoms with Crippen molar-refractivity contribution in [3.63, 3.8) is 0 Å². The third-order valence-corrected chi connectivity index (χ3v) is 6.93. The normalized spacial score (nSPS) is 18.8. The molecular formula is C26H44N2O5S. The lowest BCUT2D eigenvalue weighted by atomic mass is 9.82. The number of hydrogen-bond acceptors (Lipinski definition) is 7. The summed E-state index contributed by atoms with van der Waals surface area (Å²) in [6, 6.07) is -0.784. The fourth-order valence-electron chi connectivity index (χ4n) is 4.70. The molecule has 1 heterocycles. The van der Waals surface area contributed by atoms with Crippen LogP contribution in [-0.2, 0) is 20.7 Å². The number of hydrogen-bond donors (Lipinski definition) is 3. The van der Waals surface area contributed by atoms with Gasteiger partial charge in [-0.1, -0.05) is 46.0 Å². The number of nitrogens with one attached hydrogen (secondary N) is 1. The number of aromatic nitrogens is 1. The van der Waals surface area contributed by atoms with Gasteiger partial charge in [0.25, 0.3) is 0 Å². The second-order valence-corrected chi connectivity index (χ2v) is 11.9. The van der Waals surface area contributed by atoms with Crippen LogP contribution in [-0.4, -0.2) is 50.9 Å². The smallest absolute Gasteiger partial charge is 0.307 e. The van der Waals surface area contributed by atoms with Crippen LogP contribution < -0.4 is 5.32 Å². The minimum atomic E-state index is -0.871. The third kappa shape index (κ3) is 10.4. The quantitative estimate of drug-likeness (QED) is 0.373. The van der Waals surface area contributed by atoms with Crippen molar-refractivity contribution in [1.82, 2.24) is 10.3 Å². The summed E-state index contributed by atoms with van der Waals surface area (Å²) in [4.78, 5) is 30.2. The summed E-state index contributed by atoms with van der Waals surface area (Å²) < 4.78 is 5.46. The van der Waals surface area contributed by atoms with Crippen molar-refractivity contribution in [2.45, 2.75) is 116 Å². The fourth-order valence-corrected chi connectivity index (χ4v) is 5.28. The minimum Gasteiger partial charge on any atom is -0.460 e. The molecule has 4 atom stereocenters. The zero-order valence-electron chi connectivity index (χ0n) is 21.5. The molecule has 0 aliphatic heterocycles. The minimum absolute atomic E-state index is 0.0909. The van der Waals surface area contributed by atoms with E-state index in [1.165, 1.54) is 17.8 Å². The highest BCUT2D eigenvalue weighted by atomic mass is 32.1. The standard InChI is InChI=1S/C26H44N2O5S/c1-17(2)11-21(29)24(22(30)12-18-9-7-6-8-10-18)28-25(32)19(13-20-15-34-16-27-20)14-23(31)33-26(3,4)5/h15-19,21-22,24,29-30H,6-14H2,1-5H3,(H,28,32)/t19-,21?,22?,24?/m1/s1. The van der Waals surface area contributed by atoms with Gasteiger partial charge in [0.1, 0.15) is 5.60 Å². The van der Waals surface area contributed by atoms with E-state index in [1.807, 2.05) is 19.2 Å². The maximum Gasteiger partial charge on any atom is 0.307 e. The molecule has 0 radical (unpaired) electrons. The number of carbonyl (C=O) groups excluding carboxylic acids is 2. The molecule has 0 spiro atoms. The average molecular weight is 497 g/mol. The summed E-state index contributed by atoms with van der Waals surface area (Å²) in [5.74, 6) is -0.905. The predicted molar refractivity (Wildman–Crippen MR) is 134 cm³/mol. The molecule has 0 saturated heterocycles. The van der Waals surface area contributed by atoms with Crippen molar-refractivity contribution >= 4 is 23.2 Å². The van der Waals surface area contributed by atoms with Gasteiger partial charge in [0.15, 0.2) is 0 Å². The Hall–Kier alpha value is -1.51. The van der Waals surface area contributed by atoms with Crippen LogP contribution in [0.15, 0.2) is 10.9 Å². The first-order valence-corrected chi connectivity index (χ1v) is 13.6. The van der Waals surface area contributed by atoms with Gasteiger partial charge >= 0.3 is 5.97 Å². The lowest BCUT2D eigenvalue weighted by molar-refractivity contribution is -0.157. The SMILES string of the molecule is CC(C)CC(O)C(NC(=O)[C@@H](CC(=O)OC(C)(C)C)Cc1cscn1)C(O)CC1CCCCC1. The summed E-state index contributed by atoms with van der Waals surface area (Å²) in [7, 11) is 0. The zero-order chi connectivity index (χ0) is 25.3. The van der Waals surface area contributed by atoms with E-state index < -0.39 is 35.7 Å². The van der Waals surface area contributed by atoms with E-state index in [4.69, 9.17) is 4.74 Å². The first-order valence-electron chi connectivity index (χ1n) is 12.7. The van der Waals surface area contributed by atoms with E-state index in [0.29, 0.717) is 25.2 Å². The number of amides is 1. The lowest BCUT2D eigenvalue weighted by Gasteiger charge is -2.33. The number of aliphatic hydroxyl groups is 2. The van der Waals surface area contributed by atoms with Crippen molar-refractivity contribution in [3.05, 3.63) is 16.6 Å². The average Bonchev–Trinajstić information content (AvgIpc) is 3.23. The third-order valence-electron chi connectivity index (χ3n) is 6.29. The molecule has 3 N–H and O–H groups in total. The summed E-state index contributed by atoms with van der Waals surface area (Å²) in [6.45, 7) is 9.38. The molecule has 0 bridgehead atoms. The Balaban J connectivity index is 2.15. The summed E-state index contributed by atoms with van der Waals surface area (Å²) in [5, 5.41) is 26.8. The monoisotopic (exact) mass is 496 g/mol. The van der Waals surface area contributed by atoms with Crippen molar-refractivity contribution in [2.75, 3.05) is 0 Å². The van der Waals surface area contributed by atoms with Gasteiger partial charge in [-0.25, -0.2) is 4.98 Å². The summed E-state index contributed by atoms with van der Waals surface area (Å²) >= 11 is 1.43. The zero-order valence-corrected chi connectivity index (χ0v) is 22.3. The molecule has 7 nitrogen and oxygen atoms in total. The molecule has 194 valence electrons. The number of esters is 1. The molecule has 3 unspecified atom stereocenters. The molecule has 1 amide bonds. The number of aliphatic hydroxyl groups excluding tert-OH is 2. The van der Waals surface area contributed by atoms with Crippen LogP contribution in [0.25, 0.3) is 0 Å². The van der Waals surface area contributed by atoms with E-state index in [-0.39, 0.29) is 18.2 Å². The molecule has 34 heavy (non-hydrogen) atoms. The largest absolute Gasteiger partial charge is 0.460 e. The van der Waals surface area contributed by atoms with Crippen molar-refractivity contribution in [1.29, 1.82) is 0 Å². The van der Waals surface area contributed by atoms with Gasteiger partial charge in [0, 0.05) is 11.8 Å². The van der Waals surface area contributed by atoms with Gasteiger partial charge in [-0.05, 0) is 45.4 Å². The Morgan fingerprint density at radius 3 is 2.41 bits per heavy atom. The van der Waals surface area contributed by atoms with E-state index in [2.05, 4.69) is 10.3 Å². The van der Waals surface area contributed by atoms with Crippen LogP contribution in [0.5, 0.6) is 0 Å². The van der Waals surface area contributed by atoms with E-state index in [9.17, 15) is 19.8 Å². The molecule has 1 fully saturated rings.